The molecule has 0 bridgehead atoms. The molecule has 7 heteroatoms. The summed E-state index contributed by atoms with van der Waals surface area (Å²) in [7, 11) is 0. The molecule has 7 nitrogen and oxygen atoms in total. The number of aromatic nitrogens is 2. The van der Waals surface area contributed by atoms with Crippen molar-refractivity contribution < 1.29 is 19.1 Å². The summed E-state index contributed by atoms with van der Waals surface area (Å²) in [5, 5.41) is 0. The van der Waals surface area contributed by atoms with Gasteiger partial charge in [-0.05, 0) is 51.1 Å². The Balaban J connectivity index is 1.41. The van der Waals surface area contributed by atoms with Gasteiger partial charge in [-0.3, -0.25) is 4.79 Å². The second kappa shape index (κ2) is 9.36. The monoisotopic (exact) mass is 433 g/mol. The maximum Gasteiger partial charge on any atom is 0.340 e. The van der Waals surface area contributed by atoms with Gasteiger partial charge in [0.1, 0.15) is 5.82 Å². The Labute approximate surface area is 187 Å². The van der Waals surface area contributed by atoms with Gasteiger partial charge in [-0.15, -0.1) is 0 Å². The molecule has 3 aromatic rings. The molecular formula is C25H27N3O4. The van der Waals surface area contributed by atoms with E-state index in [9.17, 15) is 9.59 Å². The Morgan fingerprint density at radius 2 is 1.75 bits per heavy atom. The van der Waals surface area contributed by atoms with Gasteiger partial charge in [-0.1, -0.05) is 17.7 Å². The fourth-order valence-corrected chi connectivity index (χ4v) is 3.91. The molecule has 0 atom stereocenters. The van der Waals surface area contributed by atoms with Crippen LogP contribution >= 0.6 is 0 Å². The van der Waals surface area contributed by atoms with Gasteiger partial charge in [0.2, 0.25) is 5.78 Å². The molecule has 1 aromatic carbocycles. The zero-order chi connectivity index (χ0) is 22.7. The molecular weight excluding hydrogens is 406 g/mol. The fraction of sp³-hybridized carbons (Fsp3) is 0.320. The zero-order valence-corrected chi connectivity index (χ0v) is 18.6. The van der Waals surface area contributed by atoms with Crippen molar-refractivity contribution in [2.75, 3.05) is 37.8 Å². The van der Waals surface area contributed by atoms with Crippen molar-refractivity contribution in [2.45, 2.75) is 20.8 Å². The van der Waals surface area contributed by atoms with Crippen LogP contribution in [0.4, 0.5) is 5.82 Å². The van der Waals surface area contributed by atoms with Crippen molar-refractivity contribution in [1.82, 2.24) is 9.55 Å². The van der Waals surface area contributed by atoms with Crippen LogP contribution in [0.1, 0.15) is 37.7 Å². The van der Waals surface area contributed by atoms with Gasteiger partial charge in [0.15, 0.2) is 6.61 Å². The predicted molar refractivity (Wildman–Crippen MR) is 122 cm³/mol. The highest BCUT2D eigenvalue weighted by Crippen LogP contribution is 2.22. The number of ketones is 1. The maximum atomic E-state index is 12.8. The quantitative estimate of drug-likeness (QED) is 0.436. The molecule has 0 aliphatic carbocycles. The Hall–Kier alpha value is -3.45. The molecule has 4 rings (SSSR count). The first-order chi connectivity index (χ1) is 15.4. The summed E-state index contributed by atoms with van der Waals surface area (Å²) >= 11 is 0. The Morgan fingerprint density at radius 1 is 1.03 bits per heavy atom. The second-order valence-corrected chi connectivity index (χ2v) is 7.96. The maximum absolute atomic E-state index is 12.8. The van der Waals surface area contributed by atoms with Gasteiger partial charge in [0.25, 0.3) is 0 Å². The van der Waals surface area contributed by atoms with Crippen LogP contribution < -0.4 is 4.90 Å². The van der Waals surface area contributed by atoms with Crippen LogP contribution in [0.5, 0.6) is 0 Å². The number of benzene rings is 1. The summed E-state index contributed by atoms with van der Waals surface area (Å²) in [4.78, 5) is 31.7. The minimum absolute atomic E-state index is 0.234. The van der Waals surface area contributed by atoms with Crippen molar-refractivity contribution in [3.8, 4) is 5.69 Å². The number of carbonyl (C=O) groups is 2. The average molecular weight is 434 g/mol. The van der Waals surface area contributed by atoms with Crippen LogP contribution in [0.15, 0.2) is 48.7 Å². The Morgan fingerprint density at radius 3 is 2.41 bits per heavy atom. The molecule has 3 heterocycles. The number of carbonyl (C=O) groups excluding carboxylic acids is 2. The van der Waals surface area contributed by atoms with Crippen molar-refractivity contribution in [3.63, 3.8) is 0 Å². The summed E-state index contributed by atoms with van der Waals surface area (Å²) in [5.41, 5.74) is 4.81. The van der Waals surface area contributed by atoms with E-state index in [-0.39, 0.29) is 12.4 Å². The number of ether oxygens (including phenoxy) is 2. The van der Waals surface area contributed by atoms with Gasteiger partial charge < -0.3 is 18.9 Å². The van der Waals surface area contributed by atoms with E-state index in [2.05, 4.69) is 9.88 Å². The molecule has 0 saturated carbocycles. The van der Waals surface area contributed by atoms with E-state index in [0.29, 0.717) is 24.3 Å². The molecule has 0 N–H and O–H groups in total. The molecule has 2 aromatic heterocycles. The van der Waals surface area contributed by atoms with Crippen LogP contribution in [-0.4, -0.2) is 54.2 Å². The van der Waals surface area contributed by atoms with E-state index in [1.165, 1.54) is 11.8 Å². The van der Waals surface area contributed by atoms with Crippen molar-refractivity contribution >= 4 is 17.6 Å². The van der Waals surface area contributed by atoms with Crippen molar-refractivity contribution in [2.24, 2.45) is 0 Å². The SMILES string of the molecule is Cc1ccc(-n2c(C)cc(C(=O)COC(=O)c3ccc(N4CCOCC4)nc3)c2C)cc1. The highest BCUT2D eigenvalue weighted by Gasteiger charge is 2.19. The number of morpholine rings is 1. The lowest BCUT2D eigenvalue weighted by atomic mass is 10.1. The van der Waals surface area contributed by atoms with Crippen LogP contribution in [0.2, 0.25) is 0 Å². The second-order valence-electron chi connectivity index (χ2n) is 7.96. The van der Waals surface area contributed by atoms with E-state index < -0.39 is 5.97 Å². The molecule has 0 radical (unpaired) electrons. The number of Topliss-reactive ketones (excluding diaryl/α,β-unsaturated/α-hetero) is 1. The summed E-state index contributed by atoms with van der Waals surface area (Å²) in [5.74, 6) is -0.00102. The fourth-order valence-electron chi connectivity index (χ4n) is 3.91. The average Bonchev–Trinajstić information content (AvgIpc) is 3.12. The Kier molecular flexibility index (Phi) is 6.37. The van der Waals surface area contributed by atoms with Crippen LogP contribution in [-0.2, 0) is 9.47 Å². The predicted octanol–water partition coefficient (Wildman–Crippen LogP) is 3.67. The number of hydrogen-bond acceptors (Lipinski definition) is 6. The van der Waals surface area contributed by atoms with Gasteiger partial charge in [0, 0.05) is 41.9 Å². The molecule has 166 valence electrons. The third kappa shape index (κ3) is 4.57. The Bertz CT molecular complexity index is 1110. The first kappa shape index (κ1) is 21.8. The van der Waals surface area contributed by atoms with E-state index in [1.54, 1.807) is 12.1 Å². The molecule has 1 fully saturated rings. The number of aryl methyl sites for hydroxylation is 2. The van der Waals surface area contributed by atoms with Gasteiger partial charge in [-0.2, -0.15) is 0 Å². The molecule has 1 aliphatic heterocycles. The van der Waals surface area contributed by atoms with Crippen molar-refractivity contribution in [3.05, 3.63) is 76.7 Å². The number of nitrogens with zero attached hydrogens (tertiary/aromatic N) is 3. The van der Waals surface area contributed by atoms with Gasteiger partial charge in [-0.25, -0.2) is 9.78 Å². The first-order valence-electron chi connectivity index (χ1n) is 10.7. The summed E-state index contributed by atoms with van der Waals surface area (Å²) in [6, 6.07) is 13.4. The third-order valence-corrected chi connectivity index (χ3v) is 5.68. The molecule has 1 saturated heterocycles. The highest BCUT2D eigenvalue weighted by atomic mass is 16.5. The summed E-state index contributed by atoms with van der Waals surface area (Å²) in [6.45, 7) is 8.44. The van der Waals surface area contributed by atoms with E-state index in [1.807, 2.05) is 55.7 Å². The highest BCUT2D eigenvalue weighted by molar-refractivity contribution is 6.00. The topological polar surface area (TPSA) is 73.7 Å². The largest absolute Gasteiger partial charge is 0.454 e. The first-order valence-corrected chi connectivity index (χ1v) is 10.7. The standard InChI is InChI=1S/C25H27N3O4/c1-17-4-7-21(8-5-17)28-18(2)14-22(19(28)3)23(29)16-32-25(30)20-6-9-24(26-15-20)27-10-12-31-13-11-27/h4-9,14-15H,10-13,16H2,1-3H3. The lowest BCUT2D eigenvalue weighted by Gasteiger charge is -2.27. The van der Waals surface area contributed by atoms with E-state index in [4.69, 9.17) is 9.47 Å². The smallest absolute Gasteiger partial charge is 0.340 e. The number of pyridine rings is 1. The number of esters is 1. The molecule has 1 aliphatic rings. The summed E-state index contributed by atoms with van der Waals surface area (Å²) < 4.78 is 12.7. The number of rotatable bonds is 6. The normalized spacial score (nSPS) is 13.8. The number of anilines is 1. The lowest BCUT2D eigenvalue weighted by Crippen LogP contribution is -2.36. The summed E-state index contributed by atoms with van der Waals surface area (Å²) in [6.07, 6.45) is 1.49. The van der Waals surface area contributed by atoms with Crippen LogP contribution in [0.25, 0.3) is 5.69 Å². The molecule has 0 amide bonds. The minimum Gasteiger partial charge on any atom is -0.454 e. The van der Waals surface area contributed by atoms with Crippen LogP contribution in [0.3, 0.4) is 0 Å². The number of hydrogen-bond donors (Lipinski definition) is 0. The van der Waals surface area contributed by atoms with Crippen LogP contribution in [0, 0.1) is 20.8 Å². The third-order valence-electron chi connectivity index (χ3n) is 5.68. The van der Waals surface area contributed by atoms with E-state index in [0.717, 1.165) is 36.0 Å². The van der Waals surface area contributed by atoms with Crippen molar-refractivity contribution in [1.29, 1.82) is 0 Å². The molecule has 0 unspecified atom stereocenters. The zero-order valence-electron chi connectivity index (χ0n) is 18.6. The van der Waals surface area contributed by atoms with Gasteiger partial charge in [0.05, 0.1) is 18.8 Å². The molecule has 0 spiro atoms. The van der Waals surface area contributed by atoms with E-state index >= 15 is 0 Å². The van der Waals surface area contributed by atoms with Gasteiger partial charge >= 0.3 is 5.97 Å². The lowest BCUT2D eigenvalue weighted by molar-refractivity contribution is 0.0474. The molecule has 32 heavy (non-hydrogen) atoms. The minimum atomic E-state index is -0.563.